The van der Waals surface area contributed by atoms with Gasteiger partial charge in [-0.2, -0.15) is 0 Å². The van der Waals surface area contributed by atoms with Crippen molar-refractivity contribution in [2.24, 2.45) is 5.92 Å². The molecule has 1 aromatic carbocycles. The highest BCUT2D eigenvalue weighted by atomic mass is 32.2. The maximum absolute atomic E-state index is 12.6. The highest BCUT2D eigenvalue weighted by Gasteiger charge is 2.28. The van der Waals surface area contributed by atoms with Crippen molar-refractivity contribution in [2.45, 2.75) is 55.6 Å². The zero-order chi connectivity index (χ0) is 20.1. The Morgan fingerprint density at radius 1 is 1.00 bits per heavy atom. The van der Waals surface area contributed by atoms with Gasteiger partial charge in [0, 0.05) is 11.6 Å². The highest BCUT2D eigenvalue weighted by molar-refractivity contribution is 7.91. The number of amides is 1. The van der Waals surface area contributed by atoms with Crippen LogP contribution in [0, 0.1) is 5.92 Å². The monoisotopic (exact) mass is 408 g/mol. The third kappa shape index (κ3) is 5.32. The molecule has 2 aliphatic rings. The number of rotatable bonds is 6. The molecule has 1 aliphatic carbocycles. The van der Waals surface area contributed by atoms with E-state index in [4.69, 9.17) is 5.11 Å². The van der Waals surface area contributed by atoms with Gasteiger partial charge in [-0.1, -0.05) is 12.1 Å². The first-order valence-corrected chi connectivity index (χ1v) is 11.6. The van der Waals surface area contributed by atoms with Crippen LogP contribution in [0.1, 0.15) is 54.4 Å². The summed E-state index contributed by atoms with van der Waals surface area (Å²) in [6, 6.07) is 6.71. The van der Waals surface area contributed by atoms with Crippen molar-refractivity contribution in [1.82, 2.24) is 10.6 Å². The largest absolute Gasteiger partial charge is 0.481 e. The molecule has 1 heterocycles. The Kier molecular flexibility index (Phi) is 6.72. The molecule has 0 unspecified atom stereocenters. The van der Waals surface area contributed by atoms with Gasteiger partial charge in [0.05, 0.1) is 16.9 Å². The SMILES string of the molecule is O=C(NC1CCC(C(=O)O)CC1)c1ccc(CS(=O)(=O)C2CCNCC2)cc1. The van der Waals surface area contributed by atoms with Gasteiger partial charge in [0.25, 0.3) is 5.91 Å². The van der Waals surface area contributed by atoms with Crippen molar-refractivity contribution in [1.29, 1.82) is 0 Å². The molecular weight excluding hydrogens is 380 g/mol. The summed E-state index contributed by atoms with van der Waals surface area (Å²) in [5.74, 6) is -1.28. The second kappa shape index (κ2) is 9.05. The van der Waals surface area contributed by atoms with Crippen LogP contribution < -0.4 is 10.6 Å². The number of nitrogens with one attached hydrogen (secondary N) is 2. The van der Waals surface area contributed by atoms with Gasteiger partial charge in [0.1, 0.15) is 0 Å². The molecule has 0 radical (unpaired) electrons. The fraction of sp³-hybridized carbons (Fsp3) is 0.600. The Balaban J connectivity index is 1.53. The average molecular weight is 409 g/mol. The van der Waals surface area contributed by atoms with Crippen molar-refractivity contribution in [3.8, 4) is 0 Å². The van der Waals surface area contributed by atoms with E-state index in [1.54, 1.807) is 24.3 Å². The van der Waals surface area contributed by atoms with Gasteiger partial charge < -0.3 is 15.7 Å². The second-order valence-electron chi connectivity index (χ2n) is 7.81. The molecule has 0 aromatic heterocycles. The quantitative estimate of drug-likeness (QED) is 0.661. The van der Waals surface area contributed by atoms with E-state index in [-0.39, 0.29) is 28.9 Å². The summed E-state index contributed by atoms with van der Waals surface area (Å²) in [6.45, 7) is 1.47. The van der Waals surface area contributed by atoms with Gasteiger partial charge in [0.15, 0.2) is 9.84 Å². The molecule has 3 rings (SSSR count). The minimum absolute atomic E-state index is 0.00122. The Hall–Kier alpha value is -1.93. The minimum atomic E-state index is -3.19. The number of benzene rings is 1. The van der Waals surface area contributed by atoms with Crippen molar-refractivity contribution in [3.05, 3.63) is 35.4 Å². The van der Waals surface area contributed by atoms with Gasteiger partial charge in [-0.3, -0.25) is 9.59 Å². The number of sulfone groups is 1. The van der Waals surface area contributed by atoms with Crippen LogP contribution in [0.5, 0.6) is 0 Å². The molecule has 1 aromatic rings. The maximum atomic E-state index is 12.6. The van der Waals surface area contributed by atoms with Crippen LogP contribution in [-0.2, 0) is 20.4 Å². The van der Waals surface area contributed by atoms with E-state index >= 15 is 0 Å². The number of hydrogen-bond donors (Lipinski definition) is 3. The third-order valence-corrected chi connectivity index (χ3v) is 8.01. The number of carbonyl (C=O) groups excluding carboxylic acids is 1. The molecule has 28 heavy (non-hydrogen) atoms. The predicted molar refractivity (Wildman–Crippen MR) is 106 cm³/mol. The van der Waals surface area contributed by atoms with Crippen molar-refractivity contribution < 1.29 is 23.1 Å². The third-order valence-electron chi connectivity index (χ3n) is 5.79. The lowest BCUT2D eigenvalue weighted by molar-refractivity contribution is -0.142. The normalized spacial score (nSPS) is 23.9. The number of aliphatic carboxylic acids is 1. The van der Waals surface area contributed by atoms with E-state index in [0.717, 1.165) is 13.1 Å². The number of carboxylic acid groups (broad SMARTS) is 1. The lowest BCUT2D eigenvalue weighted by Gasteiger charge is -2.26. The molecule has 1 aliphatic heterocycles. The first kappa shape index (κ1) is 20.8. The van der Waals surface area contributed by atoms with Crippen LogP contribution in [-0.4, -0.2) is 49.8 Å². The molecule has 2 fully saturated rings. The van der Waals surface area contributed by atoms with Crippen LogP contribution in [0.4, 0.5) is 0 Å². The fourth-order valence-corrected chi connectivity index (χ4v) is 5.86. The molecule has 1 amide bonds. The molecule has 154 valence electrons. The van der Waals surface area contributed by atoms with E-state index in [2.05, 4.69) is 10.6 Å². The Morgan fingerprint density at radius 2 is 1.61 bits per heavy atom. The zero-order valence-electron chi connectivity index (χ0n) is 15.9. The molecule has 7 nitrogen and oxygen atoms in total. The molecule has 0 spiro atoms. The number of hydrogen-bond acceptors (Lipinski definition) is 5. The first-order chi connectivity index (χ1) is 13.3. The van der Waals surface area contributed by atoms with Crippen molar-refractivity contribution in [2.75, 3.05) is 13.1 Å². The Labute approximate surface area is 165 Å². The smallest absolute Gasteiger partial charge is 0.306 e. The van der Waals surface area contributed by atoms with E-state index in [1.165, 1.54) is 0 Å². The van der Waals surface area contributed by atoms with Crippen LogP contribution in [0.2, 0.25) is 0 Å². The molecule has 0 bridgehead atoms. The topological polar surface area (TPSA) is 113 Å². The van der Waals surface area contributed by atoms with E-state index in [1.807, 2.05) is 0 Å². The molecule has 1 saturated heterocycles. The van der Waals surface area contributed by atoms with Crippen LogP contribution >= 0.6 is 0 Å². The maximum Gasteiger partial charge on any atom is 0.306 e. The van der Waals surface area contributed by atoms with Gasteiger partial charge in [-0.05, 0) is 69.3 Å². The molecule has 3 N–H and O–H groups in total. The Bertz CT molecular complexity index is 792. The lowest BCUT2D eigenvalue weighted by atomic mass is 9.86. The van der Waals surface area contributed by atoms with Crippen molar-refractivity contribution >= 4 is 21.7 Å². The number of piperidine rings is 1. The predicted octanol–water partition coefficient (Wildman–Crippen LogP) is 1.73. The van der Waals surface area contributed by atoms with Gasteiger partial charge in [-0.15, -0.1) is 0 Å². The van der Waals surface area contributed by atoms with Gasteiger partial charge >= 0.3 is 5.97 Å². The van der Waals surface area contributed by atoms with Crippen LogP contribution in [0.25, 0.3) is 0 Å². The first-order valence-electron chi connectivity index (χ1n) is 9.90. The van der Waals surface area contributed by atoms with E-state index < -0.39 is 15.8 Å². The summed E-state index contributed by atoms with van der Waals surface area (Å²) in [6.07, 6.45) is 3.77. The van der Waals surface area contributed by atoms with Crippen LogP contribution in [0.3, 0.4) is 0 Å². The standard InChI is InChI=1S/C20H28N2O5S/c23-19(22-17-7-5-16(6-8-17)20(24)25)15-3-1-14(2-4-15)13-28(26,27)18-9-11-21-12-10-18/h1-4,16-18,21H,5-13H2,(H,22,23)(H,24,25). The van der Waals surface area contributed by atoms with E-state index in [9.17, 15) is 18.0 Å². The lowest BCUT2D eigenvalue weighted by Crippen LogP contribution is -2.38. The molecule has 8 heteroatoms. The molecule has 1 saturated carbocycles. The van der Waals surface area contributed by atoms with Crippen LogP contribution in [0.15, 0.2) is 24.3 Å². The summed E-state index contributed by atoms with van der Waals surface area (Å²) in [7, 11) is -3.19. The van der Waals surface area contributed by atoms with Gasteiger partial charge in [-0.25, -0.2) is 8.42 Å². The second-order valence-corrected chi connectivity index (χ2v) is 10.1. The fourth-order valence-electron chi connectivity index (χ4n) is 4.01. The molecule has 0 atom stereocenters. The summed E-state index contributed by atoms with van der Waals surface area (Å²) in [5.41, 5.74) is 1.18. The molecular formula is C20H28N2O5S. The number of carboxylic acids is 1. The Morgan fingerprint density at radius 3 is 2.18 bits per heavy atom. The summed E-state index contributed by atoms with van der Waals surface area (Å²) >= 11 is 0. The summed E-state index contributed by atoms with van der Waals surface area (Å²) in [4.78, 5) is 23.4. The highest BCUT2D eigenvalue weighted by Crippen LogP contribution is 2.25. The number of carbonyl (C=O) groups is 2. The summed E-state index contributed by atoms with van der Waals surface area (Å²) in [5, 5.41) is 14.9. The average Bonchev–Trinajstić information content (AvgIpc) is 2.69. The van der Waals surface area contributed by atoms with E-state index in [0.29, 0.717) is 49.7 Å². The van der Waals surface area contributed by atoms with Gasteiger partial charge in [0.2, 0.25) is 0 Å². The minimum Gasteiger partial charge on any atom is -0.481 e. The summed E-state index contributed by atoms with van der Waals surface area (Å²) < 4.78 is 25.1. The zero-order valence-corrected chi connectivity index (χ0v) is 16.7. The van der Waals surface area contributed by atoms with Crippen molar-refractivity contribution in [3.63, 3.8) is 0 Å².